The Bertz CT molecular complexity index is 1100. The quantitative estimate of drug-likeness (QED) is 0.566. The molecule has 2 aliphatic heterocycles. The minimum Gasteiger partial charge on any atom is -0.494 e. The van der Waals surface area contributed by atoms with Gasteiger partial charge in [0.15, 0.2) is 5.75 Å². The Morgan fingerprint density at radius 2 is 2.03 bits per heavy atom. The van der Waals surface area contributed by atoms with Crippen LogP contribution < -0.4 is 9.47 Å². The molecule has 0 bridgehead atoms. The maximum absolute atomic E-state index is 10.7. The van der Waals surface area contributed by atoms with Gasteiger partial charge in [-0.05, 0) is 61.1 Å². The van der Waals surface area contributed by atoms with Crippen molar-refractivity contribution in [2.24, 2.45) is 0 Å². The van der Waals surface area contributed by atoms with Gasteiger partial charge in [-0.1, -0.05) is 18.2 Å². The summed E-state index contributed by atoms with van der Waals surface area (Å²) in [5.41, 5.74) is 4.27. The Morgan fingerprint density at radius 3 is 2.84 bits per heavy atom. The summed E-state index contributed by atoms with van der Waals surface area (Å²) in [4.78, 5) is 17.6. The molecule has 1 saturated heterocycles. The molecular weight excluding hydrogens is 388 g/mol. The third kappa shape index (κ3) is 3.79. The number of aryl methyl sites for hydroxylation is 1. The number of fused-ring (bicyclic) bond motifs is 2. The number of aldehydes is 1. The van der Waals surface area contributed by atoms with E-state index in [2.05, 4.69) is 46.3 Å². The first-order valence-corrected chi connectivity index (χ1v) is 11.1. The van der Waals surface area contributed by atoms with Crippen molar-refractivity contribution in [3.63, 3.8) is 0 Å². The van der Waals surface area contributed by atoms with E-state index in [9.17, 15) is 4.79 Å². The lowest BCUT2D eigenvalue weighted by atomic mass is 9.82. The molecule has 2 aliphatic rings. The fourth-order valence-corrected chi connectivity index (χ4v) is 5.01. The summed E-state index contributed by atoms with van der Waals surface area (Å²) in [5, 5.41) is 1.07. The van der Waals surface area contributed by atoms with E-state index in [1.807, 2.05) is 6.07 Å². The van der Waals surface area contributed by atoms with Gasteiger partial charge in [0, 0.05) is 43.2 Å². The zero-order valence-corrected chi connectivity index (χ0v) is 18.0. The highest BCUT2D eigenvalue weighted by Crippen LogP contribution is 2.42. The summed E-state index contributed by atoms with van der Waals surface area (Å²) in [5.74, 6) is 1.82. The molecule has 0 atom stereocenters. The average Bonchev–Trinajstić information content (AvgIpc) is 2.82. The normalized spacial score (nSPS) is 17.8. The van der Waals surface area contributed by atoms with Crippen LogP contribution in [0.3, 0.4) is 0 Å². The molecule has 1 fully saturated rings. The molecule has 31 heavy (non-hydrogen) atoms. The standard InChI is InChI=1S/C26H28N2O3/c1-30-25-22(7-5-19-4-2-13-27-24(19)25)20-6-8-23-21(18-20)9-10-26(31-23)11-15-28(16-12-26)14-3-17-29/h2,4-8,13,17-18H,3,9-12,14-16H2,1H3. The molecule has 0 aliphatic carbocycles. The van der Waals surface area contributed by atoms with Crippen molar-refractivity contribution in [3.8, 4) is 22.6 Å². The number of carbonyl (C=O) groups is 1. The van der Waals surface area contributed by atoms with Crippen molar-refractivity contribution in [1.29, 1.82) is 0 Å². The molecule has 5 heteroatoms. The molecule has 5 rings (SSSR count). The van der Waals surface area contributed by atoms with E-state index in [0.29, 0.717) is 6.42 Å². The van der Waals surface area contributed by atoms with Crippen LogP contribution in [0.25, 0.3) is 22.0 Å². The smallest absolute Gasteiger partial charge is 0.152 e. The maximum Gasteiger partial charge on any atom is 0.152 e. The predicted octanol–water partition coefficient (Wildman–Crippen LogP) is 4.66. The van der Waals surface area contributed by atoms with Crippen LogP contribution in [0.2, 0.25) is 0 Å². The summed E-state index contributed by atoms with van der Waals surface area (Å²) in [6, 6.07) is 14.7. The number of piperidine rings is 1. The second-order valence-corrected chi connectivity index (χ2v) is 8.63. The van der Waals surface area contributed by atoms with Crippen molar-refractivity contribution in [3.05, 3.63) is 54.2 Å². The first-order valence-electron chi connectivity index (χ1n) is 11.1. The Morgan fingerprint density at radius 1 is 1.16 bits per heavy atom. The molecule has 2 aromatic carbocycles. The molecule has 0 radical (unpaired) electrons. The molecule has 0 unspecified atom stereocenters. The number of nitrogens with zero attached hydrogens (tertiary/aromatic N) is 2. The van der Waals surface area contributed by atoms with E-state index in [1.165, 1.54) is 5.56 Å². The van der Waals surface area contributed by atoms with Crippen LogP contribution in [0, 0.1) is 0 Å². The molecule has 1 aromatic heterocycles. The van der Waals surface area contributed by atoms with Gasteiger partial charge in [0.1, 0.15) is 23.2 Å². The minimum absolute atomic E-state index is 0.0588. The van der Waals surface area contributed by atoms with Crippen molar-refractivity contribution in [2.45, 2.75) is 37.7 Å². The Hall–Kier alpha value is -2.92. The summed E-state index contributed by atoms with van der Waals surface area (Å²) in [6.45, 7) is 2.87. The van der Waals surface area contributed by atoms with Crippen LogP contribution in [0.1, 0.15) is 31.2 Å². The second-order valence-electron chi connectivity index (χ2n) is 8.63. The van der Waals surface area contributed by atoms with E-state index in [0.717, 1.165) is 85.1 Å². The van der Waals surface area contributed by atoms with Crippen LogP contribution >= 0.6 is 0 Å². The SMILES string of the molecule is COc1c(-c2ccc3c(c2)CCC2(CCN(CCC=O)CC2)O3)ccc2cccnc12. The molecule has 0 saturated carbocycles. The van der Waals surface area contributed by atoms with Gasteiger partial charge in [0.2, 0.25) is 0 Å². The third-order valence-electron chi connectivity index (χ3n) is 6.81. The van der Waals surface area contributed by atoms with Crippen molar-refractivity contribution < 1.29 is 14.3 Å². The van der Waals surface area contributed by atoms with E-state index >= 15 is 0 Å². The van der Waals surface area contributed by atoms with Crippen molar-refractivity contribution in [1.82, 2.24) is 9.88 Å². The van der Waals surface area contributed by atoms with Crippen LogP contribution in [-0.2, 0) is 11.2 Å². The molecule has 160 valence electrons. The largest absolute Gasteiger partial charge is 0.494 e. The predicted molar refractivity (Wildman–Crippen MR) is 122 cm³/mol. The van der Waals surface area contributed by atoms with E-state index in [-0.39, 0.29) is 5.60 Å². The van der Waals surface area contributed by atoms with E-state index in [1.54, 1.807) is 13.3 Å². The number of methoxy groups -OCH3 is 1. The van der Waals surface area contributed by atoms with Gasteiger partial charge in [0.05, 0.1) is 7.11 Å². The number of aromatic nitrogens is 1. The molecular formula is C26H28N2O3. The topological polar surface area (TPSA) is 51.7 Å². The number of ether oxygens (including phenoxy) is 2. The molecule has 3 heterocycles. The van der Waals surface area contributed by atoms with Crippen LogP contribution in [0.5, 0.6) is 11.5 Å². The molecule has 5 nitrogen and oxygen atoms in total. The summed E-state index contributed by atoms with van der Waals surface area (Å²) < 4.78 is 12.4. The van der Waals surface area contributed by atoms with Crippen LogP contribution in [-0.4, -0.2) is 48.5 Å². The third-order valence-corrected chi connectivity index (χ3v) is 6.81. The molecule has 3 aromatic rings. The van der Waals surface area contributed by atoms with Crippen LogP contribution in [0.4, 0.5) is 0 Å². The first-order chi connectivity index (χ1) is 15.2. The fourth-order valence-electron chi connectivity index (χ4n) is 5.01. The number of hydrogen-bond acceptors (Lipinski definition) is 5. The molecule has 1 spiro atoms. The lowest BCUT2D eigenvalue weighted by Gasteiger charge is -2.44. The Balaban J connectivity index is 1.39. The van der Waals surface area contributed by atoms with Gasteiger partial charge in [-0.2, -0.15) is 0 Å². The zero-order valence-electron chi connectivity index (χ0n) is 18.0. The zero-order chi connectivity index (χ0) is 21.3. The van der Waals surface area contributed by atoms with Crippen LogP contribution in [0.15, 0.2) is 48.7 Å². The summed E-state index contributed by atoms with van der Waals surface area (Å²) in [6.07, 6.45) is 7.55. The maximum atomic E-state index is 10.7. The summed E-state index contributed by atoms with van der Waals surface area (Å²) >= 11 is 0. The van der Waals surface area contributed by atoms with Crippen molar-refractivity contribution in [2.75, 3.05) is 26.7 Å². The van der Waals surface area contributed by atoms with Gasteiger partial charge in [-0.3, -0.25) is 4.98 Å². The van der Waals surface area contributed by atoms with Crippen molar-refractivity contribution >= 4 is 17.2 Å². The van der Waals surface area contributed by atoms with Gasteiger partial charge >= 0.3 is 0 Å². The number of likely N-dealkylation sites (tertiary alicyclic amines) is 1. The second kappa shape index (κ2) is 8.31. The first kappa shape index (κ1) is 20.0. The highest BCUT2D eigenvalue weighted by molar-refractivity contribution is 5.92. The number of carbonyl (C=O) groups excluding carboxylic acids is 1. The van der Waals surface area contributed by atoms with Gasteiger partial charge in [0.25, 0.3) is 0 Å². The fraction of sp³-hybridized carbons (Fsp3) is 0.385. The lowest BCUT2D eigenvalue weighted by molar-refractivity contribution is -0.108. The minimum atomic E-state index is -0.0588. The van der Waals surface area contributed by atoms with E-state index < -0.39 is 0 Å². The molecule has 0 N–H and O–H groups in total. The Kier molecular flexibility index (Phi) is 5.36. The number of rotatable bonds is 5. The highest BCUT2D eigenvalue weighted by Gasteiger charge is 2.39. The van der Waals surface area contributed by atoms with Gasteiger partial charge in [-0.25, -0.2) is 0 Å². The number of hydrogen-bond donors (Lipinski definition) is 0. The Labute approximate surface area is 183 Å². The van der Waals surface area contributed by atoms with Gasteiger partial charge < -0.3 is 19.2 Å². The lowest BCUT2D eigenvalue weighted by Crippen LogP contribution is -2.49. The number of benzene rings is 2. The summed E-state index contributed by atoms with van der Waals surface area (Å²) in [7, 11) is 1.71. The van der Waals surface area contributed by atoms with E-state index in [4.69, 9.17) is 9.47 Å². The van der Waals surface area contributed by atoms with Gasteiger partial charge in [-0.15, -0.1) is 0 Å². The average molecular weight is 417 g/mol. The molecule has 0 amide bonds. The highest BCUT2D eigenvalue weighted by atomic mass is 16.5. The number of pyridine rings is 1. The monoisotopic (exact) mass is 416 g/mol.